The lowest BCUT2D eigenvalue weighted by atomic mass is 9.79. The molecule has 1 saturated heterocycles. The van der Waals surface area contributed by atoms with E-state index in [4.69, 9.17) is 9.31 Å². The third kappa shape index (κ3) is 3.50. The molecule has 0 aromatic heterocycles. The van der Waals surface area contributed by atoms with Crippen molar-refractivity contribution in [2.75, 3.05) is 0 Å². The van der Waals surface area contributed by atoms with Crippen molar-refractivity contribution in [1.82, 2.24) is 0 Å². The Morgan fingerprint density at radius 2 is 1.10 bits per heavy atom. The van der Waals surface area contributed by atoms with E-state index in [1.807, 2.05) is 113 Å². The average molecular weight is 404 g/mol. The van der Waals surface area contributed by atoms with Crippen LogP contribution in [0, 0.1) is 0 Å². The fourth-order valence-electron chi connectivity index (χ4n) is 3.57. The van der Waals surface area contributed by atoms with Crippen LogP contribution in [0.15, 0.2) is 84.9 Å². The van der Waals surface area contributed by atoms with Gasteiger partial charge in [-0.25, -0.2) is 0 Å². The van der Waals surface area contributed by atoms with Gasteiger partial charge in [0.25, 0.3) is 0 Å². The number of hydrogen-bond acceptors (Lipinski definition) is 3. The molecule has 0 bridgehead atoms. The van der Waals surface area contributed by atoms with Gasteiger partial charge in [-0.05, 0) is 33.2 Å². The van der Waals surface area contributed by atoms with Gasteiger partial charge >= 0.3 is 7.12 Å². The van der Waals surface area contributed by atoms with Crippen molar-refractivity contribution < 1.29 is 13.9 Å². The molecule has 1 heterocycles. The second-order valence-corrected chi connectivity index (χ2v) is 11.2. The van der Waals surface area contributed by atoms with Crippen molar-refractivity contribution in [3.05, 3.63) is 84.9 Å². The summed E-state index contributed by atoms with van der Waals surface area (Å²) in [7, 11) is -3.51. The summed E-state index contributed by atoms with van der Waals surface area (Å²) in [5.41, 5.74) is 0.0418. The maximum Gasteiger partial charge on any atom is 0.494 e. The molecule has 4 rings (SSSR count). The molecule has 3 nitrogen and oxygen atoms in total. The van der Waals surface area contributed by atoms with Gasteiger partial charge in [0.05, 0.1) is 11.2 Å². The Kier molecular flexibility index (Phi) is 5.07. The lowest BCUT2D eigenvalue weighted by molar-refractivity contribution is 0.00578. The zero-order valence-electron chi connectivity index (χ0n) is 17.3. The van der Waals surface area contributed by atoms with Gasteiger partial charge in [0.15, 0.2) is 7.14 Å². The Morgan fingerprint density at radius 3 is 1.59 bits per heavy atom. The maximum atomic E-state index is 14.6. The topological polar surface area (TPSA) is 35.5 Å². The van der Waals surface area contributed by atoms with Crippen LogP contribution in [-0.2, 0) is 13.9 Å². The summed E-state index contributed by atoms with van der Waals surface area (Å²) in [6, 6.07) is 27.2. The lowest BCUT2D eigenvalue weighted by Crippen LogP contribution is -2.41. The van der Waals surface area contributed by atoms with Gasteiger partial charge in [-0.3, -0.25) is 0 Å². The quantitative estimate of drug-likeness (QED) is 0.492. The highest BCUT2D eigenvalue weighted by atomic mass is 31.2. The van der Waals surface area contributed by atoms with Crippen LogP contribution in [0.25, 0.3) is 0 Å². The number of rotatable bonds is 4. The van der Waals surface area contributed by atoms with Gasteiger partial charge in [-0.1, -0.05) is 84.9 Å². The molecule has 5 heteroatoms. The summed E-state index contributed by atoms with van der Waals surface area (Å²) in [6.07, 6.45) is 0. The highest BCUT2D eigenvalue weighted by molar-refractivity contribution is 7.85. The number of hydrogen-bond donors (Lipinski definition) is 0. The third-order valence-electron chi connectivity index (χ3n) is 6.00. The second-order valence-electron chi connectivity index (χ2n) is 8.46. The maximum absolute atomic E-state index is 14.6. The normalized spacial score (nSPS) is 18.0. The molecule has 0 aliphatic carbocycles. The van der Waals surface area contributed by atoms with E-state index in [1.165, 1.54) is 0 Å². The average Bonchev–Trinajstić information content (AvgIpc) is 2.96. The molecule has 148 valence electrons. The summed E-state index contributed by atoms with van der Waals surface area (Å²) >= 11 is 0. The van der Waals surface area contributed by atoms with Crippen molar-refractivity contribution >= 4 is 35.6 Å². The van der Waals surface area contributed by atoms with Gasteiger partial charge in [0.2, 0.25) is 0 Å². The van der Waals surface area contributed by atoms with Gasteiger partial charge in [-0.15, -0.1) is 0 Å². The Morgan fingerprint density at radius 1 is 0.655 bits per heavy atom. The number of benzene rings is 3. The highest BCUT2D eigenvalue weighted by Gasteiger charge is 2.51. The summed E-state index contributed by atoms with van der Waals surface area (Å²) in [4.78, 5) is 0. The van der Waals surface area contributed by atoms with Crippen molar-refractivity contribution in [1.29, 1.82) is 0 Å². The fourth-order valence-corrected chi connectivity index (χ4v) is 6.27. The van der Waals surface area contributed by atoms with E-state index < -0.39 is 25.5 Å². The smallest absolute Gasteiger partial charge is 0.399 e. The Balaban J connectivity index is 1.82. The molecule has 0 amide bonds. The molecule has 3 aromatic carbocycles. The largest absolute Gasteiger partial charge is 0.494 e. The fraction of sp³-hybridized carbons (Fsp3) is 0.250. The zero-order chi connectivity index (χ0) is 20.7. The third-order valence-corrected chi connectivity index (χ3v) is 9.05. The first-order valence-corrected chi connectivity index (χ1v) is 11.6. The first-order chi connectivity index (χ1) is 13.7. The highest BCUT2D eigenvalue weighted by Crippen LogP contribution is 2.42. The first-order valence-electron chi connectivity index (χ1n) is 9.91. The van der Waals surface area contributed by atoms with E-state index in [1.54, 1.807) is 0 Å². The van der Waals surface area contributed by atoms with Crippen LogP contribution in [-0.4, -0.2) is 18.3 Å². The van der Waals surface area contributed by atoms with Crippen LogP contribution < -0.4 is 21.4 Å². The molecular weight excluding hydrogens is 378 g/mol. The van der Waals surface area contributed by atoms with E-state index in [2.05, 4.69) is 0 Å². The molecule has 0 saturated carbocycles. The van der Waals surface area contributed by atoms with Crippen LogP contribution in [0.2, 0.25) is 0 Å². The Bertz CT molecular complexity index is 988. The van der Waals surface area contributed by atoms with Gasteiger partial charge in [0, 0.05) is 15.9 Å². The summed E-state index contributed by atoms with van der Waals surface area (Å²) in [5, 5.41) is 2.41. The van der Waals surface area contributed by atoms with Crippen molar-refractivity contribution in [2.24, 2.45) is 0 Å². The van der Waals surface area contributed by atoms with Crippen LogP contribution >= 0.6 is 7.14 Å². The Labute approximate surface area is 173 Å². The molecule has 0 atom stereocenters. The van der Waals surface area contributed by atoms with Gasteiger partial charge < -0.3 is 13.9 Å². The van der Waals surface area contributed by atoms with Crippen molar-refractivity contribution in [2.45, 2.75) is 38.9 Å². The predicted molar refractivity (Wildman–Crippen MR) is 122 cm³/mol. The summed E-state index contributed by atoms with van der Waals surface area (Å²) in [6.45, 7) is 8.15. The van der Waals surface area contributed by atoms with E-state index in [9.17, 15) is 4.57 Å². The van der Waals surface area contributed by atoms with E-state index >= 15 is 0 Å². The van der Waals surface area contributed by atoms with Crippen LogP contribution in [0.4, 0.5) is 0 Å². The SMILES string of the molecule is CC1(C)OB(c2cccc(P(=O)(c3ccccc3)c3ccccc3)c2)OC1(C)C. The lowest BCUT2D eigenvalue weighted by Gasteiger charge is -2.32. The molecule has 1 aliphatic rings. The minimum atomic E-state index is -3.02. The zero-order valence-corrected chi connectivity index (χ0v) is 18.2. The van der Waals surface area contributed by atoms with Crippen molar-refractivity contribution in [3.63, 3.8) is 0 Å². The summed E-state index contributed by atoms with van der Waals surface area (Å²) in [5.74, 6) is 0. The minimum Gasteiger partial charge on any atom is -0.399 e. The predicted octanol–water partition coefficient (Wildman–Crippen LogP) is 3.63. The molecule has 1 aliphatic heterocycles. The molecule has 0 unspecified atom stereocenters. The molecule has 1 fully saturated rings. The molecular formula is C24H26BO3P. The minimum absolute atomic E-state index is 0.420. The molecule has 29 heavy (non-hydrogen) atoms. The van der Waals surface area contributed by atoms with Crippen molar-refractivity contribution in [3.8, 4) is 0 Å². The molecule has 0 N–H and O–H groups in total. The molecule has 0 radical (unpaired) electrons. The molecule has 3 aromatic rings. The van der Waals surface area contributed by atoms with Crippen LogP contribution in [0.5, 0.6) is 0 Å². The van der Waals surface area contributed by atoms with E-state index in [0.717, 1.165) is 21.4 Å². The summed E-state index contributed by atoms with van der Waals surface area (Å²) < 4.78 is 27.0. The van der Waals surface area contributed by atoms with E-state index in [-0.39, 0.29) is 0 Å². The second kappa shape index (κ2) is 7.29. The van der Waals surface area contributed by atoms with Crippen LogP contribution in [0.1, 0.15) is 27.7 Å². The molecule has 0 spiro atoms. The first kappa shape index (κ1) is 20.2. The van der Waals surface area contributed by atoms with E-state index in [0.29, 0.717) is 0 Å². The van der Waals surface area contributed by atoms with Gasteiger partial charge in [0.1, 0.15) is 0 Å². The monoisotopic (exact) mass is 404 g/mol. The van der Waals surface area contributed by atoms with Crippen LogP contribution in [0.3, 0.4) is 0 Å². The van der Waals surface area contributed by atoms with Gasteiger partial charge in [-0.2, -0.15) is 0 Å². The standard InChI is InChI=1S/C24H26BO3P/c1-23(2)24(3,4)28-25(27-23)19-12-11-17-22(18-19)29(26,20-13-7-5-8-14-20)21-15-9-6-10-16-21/h5-18H,1-4H3. The Hall–Kier alpha value is -2.13.